The van der Waals surface area contributed by atoms with Crippen molar-refractivity contribution >= 4 is 40.8 Å². The minimum Gasteiger partial charge on any atom is -0.481 e. The second-order valence-electron chi connectivity index (χ2n) is 5.09. The molecule has 0 aliphatic heterocycles. The molecule has 0 bridgehead atoms. The molecule has 0 spiro atoms. The number of nitrogens with one attached hydrogen (secondary N) is 1. The van der Waals surface area contributed by atoms with Gasteiger partial charge in [0.1, 0.15) is 0 Å². The van der Waals surface area contributed by atoms with E-state index in [9.17, 15) is 9.59 Å². The van der Waals surface area contributed by atoms with Crippen molar-refractivity contribution in [2.24, 2.45) is 11.8 Å². The lowest BCUT2D eigenvalue weighted by Crippen LogP contribution is -2.22. The highest BCUT2D eigenvalue weighted by atomic mass is 35.5. The number of anilines is 1. The van der Waals surface area contributed by atoms with E-state index < -0.39 is 11.9 Å². The first-order valence-corrected chi connectivity index (χ1v) is 7.14. The second-order valence-corrected chi connectivity index (χ2v) is 5.87. The number of rotatable bonds is 3. The van der Waals surface area contributed by atoms with Gasteiger partial charge in [0, 0.05) is 5.92 Å². The fourth-order valence-electron chi connectivity index (χ4n) is 2.44. The van der Waals surface area contributed by atoms with Crippen LogP contribution in [0.5, 0.6) is 0 Å². The smallest absolute Gasteiger partial charge is 0.306 e. The molecule has 2 rings (SSSR count). The number of aliphatic carboxylic acids is 1. The summed E-state index contributed by atoms with van der Waals surface area (Å²) < 4.78 is 0. The molecule has 2 unspecified atom stereocenters. The molecule has 108 valence electrons. The number of carbonyl (C=O) groups excluding carboxylic acids is 1. The first-order valence-electron chi connectivity index (χ1n) is 6.38. The van der Waals surface area contributed by atoms with Crippen molar-refractivity contribution in [3.8, 4) is 0 Å². The first kappa shape index (κ1) is 15.1. The Hall–Kier alpha value is -1.26. The predicted octanol–water partition coefficient (Wildman–Crippen LogP) is 3.74. The largest absolute Gasteiger partial charge is 0.481 e. The van der Waals surface area contributed by atoms with Gasteiger partial charge in [-0.05, 0) is 37.8 Å². The van der Waals surface area contributed by atoms with E-state index in [1.165, 1.54) is 0 Å². The lowest BCUT2D eigenvalue weighted by molar-refractivity contribution is -0.141. The van der Waals surface area contributed by atoms with Crippen molar-refractivity contribution in [1.29, 1.82) is 0 Å². The van der Waals surface area contributed by atoms with Gasteiger partial charge in [-0.2, -0.15) is 0 Å². The average Bonchev–Trinajstić information content (AvgIpc) is 2.89. The van der Waals surface area contributed by atoms with Crippen LogP contribution in [0.15, 0.2) is 12.1 Å². The lowest BCUT2D eigenvalue weighted by atomic mass is 10.0. The summed E-state index contributed by atoms with van der Waals surface area (Å²) in [6.07, 6.45) is 1.47. The van der Waals surface area contributed by atoms with Crippen LogP contribution in [-0.2, 0) is 9.59 Å². The van der Waals surface area contributed by atoms with Crippen LogP contribution >= 0.6 is 23.2 Å². The third-order valence-corrected chi connectivity index (χ3v) is 4.49. The third kappa shape index (κ3) is 3.07. The predicted molar refractivity (Wildman–Crippen MR) is 78.3 cm³/mol. The molecule has 0 aromatic heterocycles. The van der Waals surface area contributed by atoms with E-state index in [4.69, 9.17) is 28.3 Å². The number of carboxylic acids is 1. The van der Waals surface area contributed by atoms with Crippen LogP contribution < -0.4 is 5.32 Å². The Labute approximate surface area is 127 Å². The summed E-state index contributed by atoms with van der Waals surface area (Å²) >= 11 is 12.2. The van der Waals surface area contributed by atoms with E-state index in [-0.39, 0.29) is 11.8 Å². The summed E-state index contributed by atoms with van der Waals surface area (Å²) in [5.74, 6) is -1.80. The first-order chi connectivity index (χ1) is 9.40. The maximum Gasteiger partial charge on any atom is 0.306 e. The van der Waals surface area contributed by atoms with Gasteiger partial charge in [0.2, 0.25) is 5.91 Å². The van der Waals surface area contributed by atoms with Gasteiger partial charge in [-0.3, -0.25) is 9.59 Å². The Balaban J connectivity index is 2.10. The molecule has 2 N–H and O–H groups in total. The van der Waals surface area contributed by atoms with E-state index in [1.807, 2.05) is 6.92 Å². The molecule has 0 saturated heterocycles. The Morgan fingerprint density at radius 3 is 2.50 bits per heavy atom. The van der Waals surface area contributed by atoms with E-state index >= 15 is 0 Å². The summed E-state index contributed by atoms with van der Waals surface area (Å²) in [6.45, 7) is 1.82. The quantitative estimate of drug-likeness (QED) is 0.892. The van der Waals surface area contributed by atoms with E-state index in [0.717, 1.165) is 5.56 Å². The molecule has 0 heterocycles. The van der Waals surface area contributed by atoms with Crippen LogP contribution in [0, 0.1) is 18.8 Å². The van der Waals surface area contributed by atoms with Gasteiger partial charge in [0.15, 0.2) is 0 Å². The molecule has 1 aromatic rings. The van der Waals surface area contributed by atoms with Gasteiger partial charge in [-0.15, -0.1) is 0 Å². The zero-order valence-corrected chi connectivity index (χ0v) is 12.5. The number of hydrogen-bond acceptors (Lipinski definition) is 2. The molecular weight excluding hydrogens is 301 g/mol. The van der Waals surface area contributed by atoms with Crippen LogP contribution in [0.25, 0.3) is 0 Å². The highest BCUT2D eigenvalue weighted by Crippen LogP contribution is 2.36. The molecular formula is C14H15Cl2NO3. The highest BCUT2D eigenvalue weighted by Gasteiger charge is 2.34. The molecule has 2 atom stereocenters. The number of carbonyl (C=O) groups is 2. The van der Waals surface area contributed by atoms with E-state index in [2.05, 4.69) is 5.32 Å². The minimum absolute atomic E-state index is 0.219. The number of carboxylic acid groups (broad SMARTS) is 1. The van der Waals surface area contributed by atoms with Crippen molar-refractivity contribution in [3.63, 3.8) is 0 Å². The van der Waals surface area contributed by atoms with Crippen molar-refractivity contribution in [3.05, 3.63) is 27.7 Å². The standard InChI is InChI=1S/C14H15Cl2NO3/c1-7-2-5-10(15)12(11(7)16)17-13(18)8-3-4-9(6-8)14(19)20/h2,5,8-9H,3-4,6H2,1H3,(H,17,18)(H,19,20). The summed E-state index contributed by atoms with van der Waals surface area (Å²) in [5, 5.41) is 12.5. The maximum atomic E-state index is 12.2. The fourth-order valence-corrected chi connectivity index (χ4v) is 2.91. The Bertz CT molecular complexity index is 560. The highest BCUT2D eigenvalue weighted by molar-refractivity contribution is 6.40. The zero-order chi connectivity index (χ0) is 14.9. The molecule has 20 heavy (non-hydrogen) atoms. The number of hydrogen-bond donors (Lipinski definition) is 2. The minimum atomic E-state index is -0.841. The molecule has 6 heteroatoms. The average molecular weight is 316 g/mol. The van der Waals surface area contributed by atoms with Crippen molar-refractivity contribution in [2.75, 3.05) is 5.32 Å². The Morgan fingerprint density at radius 2 is 1.90 bits per heavy atom. The summed E-state index contributed by atoms with van der Waals surface area (Å²) in [5.41, 5.74) is 1.22. The topological polar surface area (TPSA) is 66.4 Å². The van der Waals surface area contributed by atoms with E-state index in [1.54, 1.807) is 12.1 Å². The molecule has 1 aromatic carbocycles. The number of amides is 1. The molecule has 1 fully saturated rings. The van der Waals surface area contributed by atoms with E-state index in [0.29, 0.717) is 35.0 Å². The van der Waals surface area contributed by atoms with Crippen LogP contribution in [0.2, 0.25) is 10.0 Å². The third-order valence-electron chi connectivity index (χ3n) is 3.69. The normalized spacial score (nSPS) is 21.8. The fraction of sp³-hybridized carbons (Fsp3) is 0.429. The Morgan fingerprint density at radius 1 is 1.25 bits per heavy atom. The number of aryl methyl sites for hydroxylation is 1. The van der Waals surface area contributed by atoms with Crippen molar-refractivity contribution in [1.82, 2.24) is 0 Å². The van der Waals surface area contributed by atoms with Crippen LogP contribution in [0.4, 0.5) is 5.69 Å². The van der Waals surface area contributed by atoms with Gasteiger partial charge in [0.25, 0.3) is 0 Å². The SMILES string of the molecule is Cc1ccc(Cl)c(NC(=O)C2CCC(C(=O)O)C2)c1Cl. The van der Waals surface area contributed by atoms with Gasteiger partial charge in [-0.1, -0.05) is 29.3 Å². The summed E-state index contributed by atoms with van der Waals surface area (Å²) in [4.78, 5) is 23.1. The van der Waals surface area contributed by atoms with Crippen LogP contribution in [-0.4, -0.2) is 17.0 Å². The monoisotopic (exact) mass is 315 g/mol. The molecule has 1 aliphatic rings. The molecule has 1 saturated carbocycles. The van der Waals surface area contributed by atoms with Crippen molar-refractivity contribution in [2.45, 2.75) is 26.2 Å². The second kappa shape index (κ2) is 6.02. The van der Waals surface area contributed by atoms with Gasteiger partial charge >= 0.3 is 5.97 Å². The summed E-state index contributed by atoms with van der Waals surface area (Å²) in [6, 6.07) is 3.45. The van der Waals surface area contributed by atoms with Crippen LogP contribution in [0.1, 0.15) is 24.8 Å². The molecule has 1 aliphatic carbocycles. The zero-order valence-electron chi connectivity index (χ0n) is 11.0. The summed E-state index contributed by atoms with van der Waals surface area (Å²) in [7, 11) is 0. The molecule has 4 nitrogen and oxygen atoms in total. The Kier molecular flexibility index (Phi) is 4.55. The van der Waals surface area contributed by atoms with Gasteiger partial charge < -0.3 is 10.4 Å². The lowest BCUT2D eigenvalue weighted by Gasteiger charge is -2.14. The number of halogens is 2. The van der Waals surface area contributed by atoms with Gasteiger partial charge in [0.05, 0.1) is 21.7 Å². The van der Waals surface area contributed by atoms with Crippen molar-refractivity contribution < 1.29 is 14.7 Å². The van der Waals surface area contributed by atoms with Crippen LogP contribution in [0.3, 0.4) is 0 Å². The number of benzene rings is 1. The molecule has 1 amide bonds. The van der Waals surface area contributed by atoms with Gasteiger partial charge in [-0.25, -0.2) is 0 Å². The maximum absolute atomic E-state index is 12.2. The molecule has 0 radical (unpaired) electrons.